The van der Waals surface area contributed by atoms with Crippen molar-refractivity contribution in [2.24, 2.45) is 0 Å². The van der Waals surface area contributed by atoms with Gasteiger partial charge in [0.05, 0.1) is 28.7 Å². The monoisotopic (exact) mass is 593 g/mol. The molecule has 0 unspecified atom stereocenters. The van der Waals surface area contributed by atoms with Crippen molar-refractivity contribution in [1.29, 1.82) is 5.26 Å². The summed E-state index contributed by atoms with van der Waals surface area (Å²) in [6.07, 6.45) is 1.83. The Morgan fingerprint density at radius 3 is 1.69 bits per heavy atom. The van der Waals surface area contributed by atoms with E-state index in [0.717, 1.165) is 33.6 Å². The highest BCUT2D eigenvalue weighted by molar-refractivity contribution is 5.81. The van der Waals surface area contributed by atoms with Crippen LogP contribution < -0.4 is 0 Å². The molecule has 3 aromatic carbocycles. The third-order valence-corrected chi connectivity index (χ3v) is 8.28. The first-order chi connectivity index (χ1) is 21.0. The number of pyridine rings is 2. The lowest BCUT2D eigenvalue weighted by Crippen LogP contribution is -2.16. The van der Waals surface area contributed by atoms with Crippen LogP contribution in [0.3, 0.4) is 0 Å². The molecule has 2 heterocycles. The largest absolute Gasteiger partial charge is 0.507 e. The number of rotatable bonds is 4. The zero-order chi connectivity index (χ0) is 32.7. The summed E-state index contributed by atoms with van der Waals surface area (Å²) in [5.74, 6) is 0.168. The van der Waals surface area contributed by atoms with Crippen molar-refractivity contribution < 1.29 is 5.11 Å². The number of nitrogens with zero attached hydrogens (tertiary/aromatic N) is 3. The standard InChI is InChI=1S/C41H43N3O/c1-39(2,3)31-14-15-43-35(24-31)29-16-26(25-42)17-30(18-29)36-21-28(22-37(44-36)34-12-10-11-13-38(34)45)27-19-32(40(4,5)6)23-33(20-27)41(7,8)9/h10-24,45H,1-9H3. The van der Waals surface area contributed by atoms with Gasteiger partial charge in [-0.1, -0.05) is 92.6 Å². The van der Waals surface area contributed by atoms with Crippen LogP contribution in [0.1, 0.15) is 84.6 Å². The fourth-order valence-corrected chi connectivity index (χ4v) is 5.38. The minimum absolute atomic E-state index is 0.0384. The molecule has 0 saturated carbocycles. The molecule has 5 rings (SSSR count). The van der Waals surface area contributed by atoms with Gasteiger partial charge < -0.3 is 5.11 Å². The molecule has 228 valence electrons. The summed E-state index contributed by atoms with van der Waals surface area (Å²) in [5.41, 5.74) is 10.7. The number of hydrogen-bond donors (Lipinski definition) is 1. The second kappa shape index (κ2) is 11.6. The van der Waals surface area contributed by atoms with Crippen molar-refractivity contribution in [2.75, 3.05) is 0 Å². The van der Waals surface area contributed by atoms with Gasteiger partial charge in [-0.05, 0) is 98.7 Å². The molecule has 0 amide bonds. The lowest BCUT2D eigenvalue weighted by atomic mass is 9.79. The highest BCUT2D eigenvalue weighted by atomic mass is 16.3. The molecule has 0 saturated heterocycles. The van der Waals surface area contributed by atoms with E-state index in [-0.39, 0.29) is 22.0 Å². The Morgan fingerprint density at radius 1 is 0.556 bits per heavy atom. The first kappa shape index (κ1) is 31.7. The minimum Gasteiger partial charge on any atom is -0.507 e. The van der Waals surface area contributed by atoms with Gasteiger partial charge in [0.1, 0.15) is 5.75 Å². The van der Waals surface area contributed by atoms with E-state index >= 15 is 0 Å². The summed E-state index contributed by atoms with van der Waals surface area (Å²) >= 11 is 0. The molecule has 0 radical (unpaired) electrons. The average molecular weight is 594 g/mol. The number of phenolic OH excluding ortho intramolecular Hbond substituents is 1. The maximum atomic E-state index is 10.9. The molecule has 0 spiro atoms. The van der Waals surface area contributed by atoms with Crippen molar-refractivity contribution in [3.63, 3.8) is 0 Å². The van der Waals surface area contributed by atoms with Gasteiger partial charge in [0, 0.05) is 22.9 Å². The van der Waals surface area contributed by atoms with Crippen molar-refractivity contribution in [3.8, 4) is 56.7 Å². The SMILES string of the molecule is CC(C)(C)c1cc(-c2cc(-c3cc(C#N)cc(-c4cc(C(C)(C)C)ccn4)c3)nc(-c3ccccc3O)c2)cc(C(C)(C)C)c1. The Kier molecular flexibility index (Phi) is 8.19. The van der Waals surface area contributed by atoms with E-state index in [1.165, 1.54) is 16.7 Å². The summed E-state index contributed by atoms with van der Waals surface area (Å²) in [6.45, 7) is 20.0. The molecule has 4 heteroatoms. The normalized spacial score (nSPS) is 12.2. The molecule has 0 aliphatic carbocycles. The first-order valence-corrected chi connectivity index (χ1v) is 15.5. The van der Waals surface area contributed by atoms with E-state index < -0.39 is 0 Å². The summed E-state index contributed by atoms with van der Waals surface area (Å²) in [5, 5.41) is 20.9. The third kappa shape index (κ3) is 6.99. The topological polar surface area (TPSA) is 69.8 Å². The number of aromatic nitrogens is 2. The van der Waals surface area contributed by atoms with Crippen LogP contribution in [-0.4, -0.2) is 15.1 Å². The molecule has 4 nitrogen and oxygen atoms in total. The van der Waals surface area contributed by atoms with Gasteiger partial charge in [0.2, 0.25) is 0 Å². The maximum absolute atomic E-state index is 10.9. The van der Waals surface area contributed by atoms with Crippen LogP contribution >= 0.6 is 0 Å². The van der Waals surface area contributed by atoms with Crippen molar-refractivity contribution in [1.82, 2.24) is 9.97 Å². The summed E-state index contributed by atoms with van der Waals surface area (Å²) in [4.78, 5) is 9.76. The van der Waals surface area contributed by atoms with Gasteiger partial charge in [-0.3, -0.25) is 4.98 Å². The molecular formula is C41H43N3O. The molecule has 0 aliphatic heterocycles. The molecule has 0 fully saturated rings. The number of phenols is 1. The van der Waals surface area contributed by atoms with Crippen LogP contribution in [0.4, 0.5) is 0 Å². The van der Waals surface area contributed by atoms with Crippen molar-refractivity contribution in [2.45, 2.75) is 78.6 Å². The molecular weight excluding hydrogens is 550 g/mol. The van der Waals surface area contributed by atoms with Crippen LogP contribution in [0.15, 0.2) is 91.1 Å². The van der Waals surface area contributed by atoms with Crippen LogP contribution in [-0.2, 0) is 16.2 Å². The molecule has 1 N–H and O–H groups in total. The van der Waals surface area contributed by atoms with E-state index in [9.17, 15) is 10.4 Å². The highest BCUT2D eigenvalue weighted by Crippen LogP contribution is 2.38. The van der Waals surface area contributed by atoms with Crippen LogP contribution in [0.2, 0.25) is 0 Å². The van der Waals surface area contributed by atoms with Crippen LogP contribution in [0, 0.1) is 11.3 Å². The van der Waals surface area contributed by atoms with E-state index in [2.05, 4.69) is 116 Å². The summed E-state index contributed by atoms with van der Waals surface area (Å²) < 4.78 is 0. The van der Waals surface area contributed by atoms with Crippen LogP contribution in [0.25, 0.3) is 44.9 Å². The van der Waals surface area contributed by atoms with Gasteiger partial charge >= 0.3 is 0 Å². The molecule has 45 heavy (non-hydrogen) atoms. The second-order valence-corrected chi connectivity index (χ2v) is 15.0. The Labute approximate surface area is 268 Å². The lowest BCUT2D eigenvalue weighted by Gasteiger charge is -2.26. The van der Waals surface area contributed by atoms with E-state index in [4.69, 9.17) is 4.98 Å². The van der Waals surface area contributed by atoms with Gasteiger partial charge in [-0.2, -0.15) is 5.26 Å². The molecule has 5 aromatic rings. The molecule has 2 aromatic heterocycles. The molecule has 0 atom stereocenters. The third-order valence-electron chi connectivity index (χ3n) is 8.28. The minimum atomic E-state index is -0.0446. The highest BCUT2D eigenvalue weighted by Gasteiger charge is 2.22. The Balaban J connectivity index is 1.78. The second-order valence-electron chi connectivity index (χ2n) is 15.0. The lowest BCUT2D eigenvalue weighted by molar-refractivity contribution is 0.477. The molecule has 0 aliphatic rings. The van der Waals surface area contributed by atoms with Gasteiger partial charge in [-0.25, -0.2) is 4.98 Å². The average Bonchev–Trinajstić information content (AvgIpc) is 2.99. The summed E-state index contributed by atoms with van der Waals surface area (Å²) in [7, 11) is 0. The van der Waals surface area contributed by atoms with E-state index in [1.54, 1.807) is 6.07 Å². The predicted molar refractivity (Wildman–Crippen MR) is 186 cm³/mol. The van der Waals surface area contributed by atoms with Crippen molar-refractivity contribution >= 4 is 0 Å². The number of nitriles is 1. The first-order valence-electron chi connectivity index (χ1n) is 15.5. The molecule has 0 bridgehead atoms. The zero-order valence-corrected chi connectivity index (χ0v) is 27.9. The van der Waals surface area contributed by atoms with Crippen molar-refractivity contribution in [3.05, 3.63) is 113 Å². The van der Waals surface area contributed by atoms with Crippen LogP contribution in [0.5, 0.6) is 5.75 Å². The Bertz CT molecular complexity index is 1890. The fourth-order valence-electron chi connectivity index (χ4n) is 5.38. The maximum Gasteiger partial charge on any atom is 0.124 e. The number of hydrogen-bond acceptors (Lipinski definition) is 4. The van der Waals surface area contributed by atoms with Gasteiger partial charge in [-0.15, -0.1) is 0 Å². The van der Waals surface area contributed by atoms with Gasteiger partial charge in [0.15, 0.2) is 0 Å². The number of benzene rings is 3. The van der Waals surface area contributed by atoms with E-state index in [1.807, 2.05) is 42.6 Å². The zero-order valence-electron chi connectivity index (χ0n) is 27.9. The quantitative estimate of drug-likeness (QED) is 0.225. The number of para-hydroxylation sites is 1. The number of aromatic hydroxyl groups is 1. The summed E-state index contributed by atoms with van der Waals surface area (Å²) in [6, 6.07) is 30.6. The Hall–Kier alpha value is -4.75. The van der Waals surface area contributed by atoms with E-state index in [0.29, 0.717) is 16.8 Å². The van der Waals surface area contributed by atoms with Gasteiger partial charge in [0.25, 0.3) is 0 Å². The Morgan fingerprint density at radius 2 is 1.11 bits per heavy atom. The predicted octanol–water partition coefficient (Wildman–Crippen LogP) is 10.6. The smallest absolute Gasteiger partial charge is 0.124 e. The fraction of sp³-hybridized carbons (Fsp3) is 0.293.